The van der Waals surface area contributed by atoms with Gasteiger partial charge in [-0.1, -0.05) is 30.3 Å². The van der Waals surface area contributed by atoms with Crippen molar-refractivity contribution in [3.8, 4) is 0 Å². The van der Waals surface area contributed by atoms with Gasteiger partial charge in [0.15, 0.2) is 0 Å². The monoisotopic (exact) mass is 305 g/mol. The number of carbonyl (C=O) groups excluding carboxylic acids is 3. The van der Waals surface area contributed by atoms with Gasteiger partial charge in [-0.2, -0.15) is 0 Å². The van der Waals surface area contributed by atoms with Crippen LogP contribution < -0.4 is 5.32 Å². The SMILES string of the molecule is CC(C(=O)OCc1ccccc1)[C@H]1NC(=O)[C@@H]1C(C)OC=O. The van der Waals surface area contributed by atoms with Crippen molar-refractivity contribution in [2.24, 2.45) is 11.8 Å². The Bertz CT molecular complexity index is 545. The van der Waals surface area contributed by atoms with E-state index < -0.39 is 23.9 Å². The first kappa shape index (κ1) is 16.0. The van der Waals surface area contributed by atoms with E-state index >= 15 is 0 Å². The molecule has 118 valence electrons. The Balaban J connectivity index is 1.90. The molecule has 2 rings (SSSR count). The van der Waals surface area contributed by atoms with E-state index in [0.29, 0.717) is 6.47 Å². The molecule has 4 atom stereocenters. The molecule has 1 saturated heterocycles. The van der Waals surface area contributed by atoms with E-state index in [1.807, 2.05) is 30.3 Å². The van der Waals surface area contributed by atoms with Crippen molar-refractivity contribution in [3.05, 3.63) is 35.9 Å². The summed E-state index contributed by atoms with van der Waals surface area (Å²) in [5.41, 5.74) is 0.898. The topological polar surface area (TPSA) is 81.7 Å². The maximum absolute atomic E-state index is 12.1. The zero-order valence-corrected chi connectivity index (χ0v) is 12.5. The Morgan fingerprint density at radius 3 is 2.59 bits per heavy atom. The molecule has 1 aromatic carbocycles. The molecule has 1 N–H and O–H groups in total. The lowest BCUT2D eigenvalue weighted by Gasteiger charge is -2.41. The summed E-state index contributed by atoms with van der Waals surface area (Å²) in [6.07, 6.45) is -0.569. The molecule has 2 unspecified atom stereocenters. The van der Waals surface area contributed by atoms with Gasteiger partial charge >= 0.3 is 5.97 Å². The molecule has 6 nitrogen and oxygen atoms in total. The molecular formula is C16H19NO5. The predicted molar refractivity (Wildman–Crippen MR) is 77.4 cm³/mol. The molecule has 1 aliphatic heterocycles. The first-order chi connectivity index (χ1) is 10.5. The molecule has 0 aromatic heterocycles. The van der Waals surface area contributed by atoms with Crippen LogP contribution in [0.1, 0.15) is 19.4 Å². The fourth-order valence-electron chi connectivity index (χ4n) is 2.54. The molecule has 1 aliphatic rings. The number of carbonyl (C=O) groups is 3. The number of amides is 1. The van der Waals surface area contributed by atoms with Gasteiger partial charge in [0.25, 0.3) is 6.47 Å². The van der Waals surface area contributed by atoms with Gasteiger partial charge in [-0.25, -0.2) is 0 Å². The van der Waals surface area contributed by atoms with Gasteiger partial charge in [-0.05, 0) is 19.4 Å². The van der Waals surface area contributed by atoms with Gasteiger partial charge in [0.1, 0.15) is 12.7 Å². The van der Waals surface area contributed by atoms with Gasteiger partial charge < -0.3 is 14.8 Å². The highest BCUT2D eigenvalue weighted by Gasteiger charge is 2.48. The second-order valence-electron chi connectivity index (χ2n) is 5.38. The van der Waals surface area contributed by atoms with E-state index in [1.165, 1.54) is 0 Å². The van der Waals surface area contributed by atoms with Crippen LogP contribution in [0.4, 0.5) is 0 Å². The summed E-state index contributed by atoms with van der Waals surface area (Å²) in [6, 6.07) is 8.97. The number of benzene rings is 1. The van der Waals surface area contributed by atoms with E-state index in [9.17, 15) is 14.4 Å². The number of hydrogen-bond acceptors (Lipinski definition) is 5. The van der Waals surface area contributed by atoms with Crippen LogP contribution in [0.3, 0.4) is 0 Å². The maximum atomic E-state index is 12.1. The lowest BCUT2D eigenvalue weighted by molar-refractivity contribution is -0.159. The lowest BCUT2D eigenvalue weighted by atomic mass is 9.79. The van der Waals surface area contributed by atoms with Crippen molar-refractivity contribution in [2.75, 3.05) is 0 Å². The van der Waals surface area contributed by atoms with E-state index in [0.717, 1.165) is 5.56 Å². The third-order valence-electron chi connectivity index (χ3n) is 3.91. The molecule has 0 spiro atoms. The van der Waals surface area contributed by atoms with Crippen LogP contribution >= 0.6 is 0 Å². The molecule has 0 aliphatic carbocycles. The largest absolute Gasteiger partial charge is 0.464 e. The number of hydrogen-bond donors (Lipinski definition) is 1. The third kappa shape index (κ3) is 3.44. The molecule has 0 saturated carbocycles. The van der Waals surface area contributed by atoms with E-state index in [4.69, 9.17) is 9.47 Å². The average Bonchev–Trinajstić information content (AvgIpc) is 2.50. The fraction of sp³-hybridized carbons (Fsp3) is 0.438. The second-order valence-corrected chi connectivity index (χ2v) is 5.38. The molecule has 1 heterocycles. The predicted octanol–water partition coefficient (Wildman–Crippen LogP) is 1.04. The zero-order valence-electron chi connectivity index (χ0n) is 12.5. The zero-order chi connectivity index (χ0) is 16.1. The fourth-order valence-corrected chi connectivity index (χ4v) is 2.54. The van der Waals surface area contributed by atoms with Gasteiger partial charge in [0.2, 0.25) is 5.91 Å². The summed E-state index contributed by atoms with van der Waals surface area (Å²) in [6.45, 7) is 3.83. The van der Waals surface area contributed by atoms with Crippen LogP contribution in [0.25, 0.3) is 0 Å². The second kappa shape index (κ2) is 7.06. The highest BCUT2D eigenvalue weighted by Crippen LogP contribution is 2.27. The van der Waals surface area contributed by atoms with Crippen LogP contribution in [0, 0.1) is 11.8 Å². The van der Waals surface area contributed by atoms with Crippen molar-refractivity contribution >= 4 is 18.3 Å². The van der Waals surface area contributed by atoms with E-state index in [1.54, 1.807) is 13.8 Å². The normalized spacial score (nSPS) is 22.7. The summed E-state index contributed by atoms with van der Waals surface area (Å²) in [7, 11) is 0. The van der Waals surface area contributed by atoms with E-state index in [2.05, 4.69) is 5.32 Å². The van der Waals surface area contributed by atoms with Gasteiger partial charge in [0, 0.05) is 0 Å². The minimum atomic E-state index is -0.569. The van der Waals surface area contributed by atoms with Crippen LogP contribution in [0.2, 0.25) is 0 Å². The minimum Gasteiger partial charge on any atom is -0.464 e. The quantitative estimate of drug-likeness (QED) is 0.462. The van der Waals surface area contributed by atoms with Gasteiger partial charge in [-0.15, -0.1) is 0 Å². The smallest absolute Gasteiger partial charge is 0.311 e. The number of nitrogens with one attached hydrogen (secondary N) is 1. The summed E-state index contributed by atoms with van der Waals surface area (Å²) < 4.78 is 10.1. The average molecular weight is 305 g/mol. The summed E-state index contributed by atoms with van der Waals surface area (Å²) in [4.78, 5) is 34.1. The van der Waals surface area contributed by atoms with E-state index in [-0.39, 0.29) is 18.6 Å². The molecule has 1 fully saturated rings. The van der Waals surface area contributed by atoms with Crippen LogP contribution in [-0.2, 0) is 30.5 Å². The van der Waals surface area contributed by atoms with Gasteiger partial charge in [-0.3, -0.25) is 14.4 Å². The van der Waals surface area contributed by atoms with Crippen LogP contribution in [0.15, 0.2) is 30.3 Å². The molecule has 1 amide bonds. The highest BCUT2D eigenvalue weighted by atomic mass is 16.5. The number of β-lactam (4-membered cyclic amide) rings is 1. The number of rotatable bonds is 7. The molecule has 6 heteroatoms. The summed E-state index contributed by atoms with van der Waals surface area (Å²) in [5.74, 6) is -1.65. The Morgan fingerprint density at radius 2 is 2.00 bits per heavy atom. The maximum Gasteiger partial charge on any atom is 0.311 e. The van der Waals surface area contributed by atoms with Gasteiger partial charge in [0.05, 0.1) is 17.9 Å². The van der Waals surface area contributed by atoms with Crippen molar-refractivity contribution in [1.82, 2.24) is 5.32 Å². The molecule has 0 radical (unpaired) electrons. The third-order valence-corrected chi connectivity index (χ3v) is 3.91. The molecule has 0 bridgehead atoms. The first-order valence-electron chi connectivity index (χ1n) is 7.14. The van der Waals surface area contributed by atoms with Crippen molar-refractivity contribution in [3.63, 3.8) is 0 Å². The van der Waals surface area contributed by atoms with Crippen molar-refractivity contribution < 1.29 is 23.9 Å². The van der Waals surface area contributed by atoms with Crippen molar-refractivity contribution in [1.29, 1.82) is 0 Å². The Hall–Kier alpha value is -2.37. The summed E-state index contributed by atoms with van der Waals surface area (Å²) in [5, 5.41) is 2.68. The Kier molecular flexibility index (Phi) is 5.14. The molecule has 1 aromatic rings. The molecule has 22 heavy (non-hydrogen) atoms. The highest BCUT2D eigenvalue weighted by molar-refractivity contribution is 5.89. The number of esters is 1. The molecular weight excluding hydrogens is 286 g/mol. The Morgan fingerprint density at radius 1 is 1.32 bits per heavy atom. The Labute approximate surface area is 128 Å². The minimum absolute atomic E-state index is 0.190. The lowest BCUT2D eigenvalue weighted by Crippen LogP contribution is -2.65. The van der Waals surface area contributed by atoms with Crippen LogP contribution in [-0.4, -0.2) is 30.5 Å². The number of ether oxygens (including phenoxy) is 2. The van der Waals surface area contributed by atoms with Crippen LogP contribution in [0.5, 0.6) is 0 Å². The standard InChI is InChI=1S/C16H19NO5/c1-10(14-13(15(19)17-14)11(2)22-9-18)16(20)21-8-12-6-4-3-5-7-12/h3-7,9-11,13-14H,8H2,1-2H3,(H,17,19)/t10?,11?,13-,14-/m1/s1. The first-order valence-corrected chi connectivity index (χ1v) is 7.14. The summed E-state index contributed by atoms with van der Waals surface area (Å²) >= 11 is 0. The van der Waals surface area contributed by atoms with Crippen molar-refractivity contribution in [2.45, 2.75) is 32.6 Å².